The molecule has 0 unspecified atom stereocenters. The summed E-state index contributed by atoms with van der Waals surface area (Å²) in [5, 5.41) is 8.97. The average molecular weight is 173 g/mol. The van der Waals surface area contributed by atoms with Crippen molar-refractivity contribution < 1.29 is 4.39 Å². The van der Waals surface area contributed by atoms with E-state index in [-0.39, 0.29) is 5.39 Å². The first-order valence-corrected chi connectivity index (χ1v) is 3.61. The van der Waals surface area contributed by atoms with Gasteiger partial charge in [0.15, 0.2) is 0 Å². The number of hydrogen-bond donors (Lipinski definition) is 0. The van der Waals surface area contributed by atoms with Gasteiger partial charge in [-0.25, -0.2) is 14.4 Å². The van der Waals surface area contributed by atoms with Gasteiger partial charge in [-0.05, 0) is 12.1 Å². The topological polar surface area (TPSA) is 49.6 Å². The van der Waals surface area contributed by atoms with Crippen molar-refractivity contribution in [3.8, 4) is 6.07 Å². The van der Waals surface area contributed by atoms with Gasteiger partial charge in [0.1, 0.15) is 18.2 Å². The summed E-state index contributed by atoms with van der Waals surface area (Å²) in [4.78, 5) is 7.53. The molecule has 0 atom stereocenters. The van der Waals surface area contributed by atoms with E-state index in [4.69, 9.17) is 5.26 Å². The molecule has 0 saturated heterocycles. The molecule has 0 N–H and O–H groups in total. The number of hydrogen-bond acceptors (Lipinski definition) is 3. The monoisotopic (exact) mass is 173 g/mol. The molecule has 0 bridgehead atoms. The molecule has 62 valence electrons. The van der Waals surface area contributed by atoms with E-state index in [0.29, 0.717) is 11.1 Å². The van der Waals surface area contributed by atoms with Crippen molar-refractivity contribution in [3.05, 3.63) is 36.0 Å². The zero-order chi connectivity index (χ0) is 9.26. The smallest absolute Gasteiger partial charge is 0.134 e. The van der Waals surface area contributed by atoms with Gasteiger partial charge in [-0.1, -0.05) is 0 Å². The van der Waals surface area contributed by atoms with Crippen LogP contribution in [0.3, 0.4) is 0 Å². The summed E-state index contributed by atoms with van der Waals surface area (Å²) in [6, 6.07) is 4.59. The van der Waals surface area contributed by atoms with Crippen molar-refractivity contribution in [1.82, 2.24) is 9.97 Å². The van der Waals surface area contributed by atoms with Gasteiger partial charge in [-0.15, -0.1) is 0 Å². The van der Waals surface area contributed by atoms with Gasteiger partial charge in [0.25, 0.3) is 0 Å². The number of nitriles is 1. The second-order valence-corrected chi connectivity index (χ2v) is 2.49. The van der Waals surface area contributed by atoms with Crippen molar-refractivity contribution in [2.24, 2.45) is 0 Å². The van der Waals surface area contributed by atoms with Crippen LogP contribution in [0.25, 0.3) is 10.9 Å². The van der Waals surface area contributed by atoms with Crippen LogP contribution in [0.2, 0.25) is 0 Å². The van der Waals surface area contributed by atoms with Crippen LogP contribution in [0, 0.1) is 17.1 Å². The van der Waals surface area contributed by atoms with E-state index < -0.39 is 5.82 Å². The number of nitrogens with zero attached hydrogens (tertiary/aromatic N) is 3. The second-order valence-electron chi connectivity index (χ2n) is 2.49. The van der Waals surface area contributed by atoms with Gasteiger partial charge in [0.2, 0.25) is 0 Å². The Labute approximate surface area is 73.5 Å². The summed E-state index contributed by atoms with van der Waals surface area (Å²) in [6.45, 7) is 0. The Balaban J connectivity index is 2.95. The number of fused-ring (bicyclic) bond motifs is 1. The highest BCUT2D eigenvalue weighted by Gasteiger charge is 2.05. The van der Waals surface area contributed by atoms with Gasteiger partial charge in [-0.3, -0.25) is 0 Å². The van der Waals surface area contributed by atoms with Gasteiger partial charge in [0, 0.05) is 6.20 Å². The van der Waals surface area contributed by atoms with E-state index >= 15 is 0 Å². The lowest BCUT2D eigenvalue weighted by atomic mass is 10.1. The van der Waals surface area contributed by atoms with E-state index in [1.165, 1.54) is 24.7 Å². The highest BCUT2D eigenvalue weighted by molar-refractivity contribution is 5.83. The molecule has 0 amide bonds. The fourth-order valence-corrected chi connectivity index (χ4v) is 1.13. The quantitative estimate of drug-likeness (QED) is 0.608. The second kappa shape index (κ2) is 2.79. The molecule has 1 heterocycles. The van der Waals surface area contributed by atoms with Crippen LogP contribution in [0.1, 0.15) is 5.56 Å². The molecule has 0 aliphatic rings. The molecule has 1 aromatic carbocycles. The van der Waals surface area contributed by atoms with E-state index in [0.717, 1.165) is 0 Å². The lowest BCUT2D eigenvalue weighted by Crippen LogP contribution is -1.88. The highest BCUT2D eigenvalue weighted by Crippen LogP contribution is 2.17. The first-order chi connectivity index (χ1) is 6.33. The summed E-state index contributed by atoms with van der Waals surface area (Å²) in [5.74, 6) is -0.408. The Morgan fingerprint density at radius 3 is 3.00 bits per heavy atom. The third kappa shape index (κ3) is 1.11. The van der Waals surface area contributed by atoms with Gasteiger partial charge in [0.05, 0.1) is 16.5 Å². The molecule has 0 fully saturated rings. The van der Waals surface area contributed by atoms with Crippen molar-refractivity contribution in [1.29, 1.82) is 5.26 Å². The van der Waals surface area contributed by atoms with Crippen LogP contribution in [0.5, 0.6) is 0 Å². The van der Waals surface area contributed by atoms with Crippen molar-refractivity contribution in [2.45, 2.75) is 0 Å². The summed E-state index contributed by atoms with van der Waals surface area (Å²) in [5.41, 5.74) is 0.719. The maximum atomic E-state index is 13.1. The predicted molar refractivity (Wildman–Crippen MR) is 44.2 cm³/mol. The van der Waals surface area contributed by atoms with Crippen LogP contribution in [-0.2, 0) is 0 Å². The fraction of sp³-hybridized carbons (Fsp3) is 0. The molecule has 1 aromatic heterocycles. The molecule has 3 nitrogen and oxygen atoms in total. The fourth-order valence-electron chi connectivity index (χ4n) is 1.13. The maximum absolute atomic E-state index is 13.1. The van der Waals surface area contributed by atoms with E-state index in [1.54, 1.807) is 0 Å². The van der Waals surface area contributed by atoms with Gasteiger partial charge >= 0.3 is 0 Å². The zero-order valence-electron chi connectivity index (χ0n) is 6.53. The van der Waals surface area contributed by atoms with E-state index in [9.17, 15) is 4.39 Å². The Kier molecular flexibility index (Phi) is 1.64. The lowest BCUT2D eigenvalue weighted by Gasteiger charge is -1.98. The molecular weight excluding hydrogens is 169 g/mol. The van der Waals surface area contributed by atoms with Crippen molar-refractivity contribution in [3.63, 3.8) is 0 Å². The molecule has 4 heteroatoms. The molecule has 2 rings (SSSR count). The number of aromatic nitrogens is 2. The van der Waals surface area contributed by atoms with Crippen LogP contribution in [-0.4, -0.2) is 9.97 Å². The van der Waals surface area contributed by atoms with Crippen molar-refractivity contribution in [2.75, 3.05) is 0 Å². The first kappa shape index (κ1) is 7.62. The minimum Gasteiger partial charge on any atom is -0.244 e. The molecular formula is C9H4FN3. The van der Waals surface area contributed by atoms with E-state index in [1.807, 2.05) is 6.07 Å². The van der Waals surface area contributed by atoms with Crippen molar-refractivity contribution >= 4 is 10.9 Å². The van der Waals surface area contributed by atoms with Gasteiger partial charge < -0.3 is 0 Å². The number of benzene rings is 1. The normalized spacial score (nSPS) is 9.85. The van der Waals surface area contributed by atoms with E-state index in [2.05, 4.69) is 9.97 Å². The van der Waals surface area contributed by atoms with Crippen LogP contribution >= 0.6 is 0 Å². The molecule has 0 aliphatic carbocycles. The molecule has 0 saturated carbocycles. The Morgan fingerprint density at radius 1 is 1.38 bits per heavy atom. The maximum Gasteiger partial charge on any atom is 0.134 e. The summed E-state index contributed by atoms with van der Waals surface area (Å²) in [6.07, 6.45) is 2.65. The third-order valence-corrected chi connectivity index (χ3v) is 1.74. The number of rotatable bonds is 0. The van der Waals surface area contributed by atoms with Crippen LogP contribution < -0.4 is 0 Å². The summed E-state index contributed by atoms with van der Waals surface area (Å²) in [7, 11) is 0. The Hall–Kier alpha value is -2.02. The molecule has 0 radical (unpaired) electrons. The standard InChI is InChI=1S/C9H4FN3/c10-8-2-1-6(3-11)9-7(8)4-12-5-13-9/h1-2,4-5H. The first-order valence-electron chi connectivity index (χ1n) is 3.61. The van der Waals surface area contributed by atoms with Gasteiger partial charge in [-0.2, -0.15) is 5.26 Å². The minimum atomic E-state index is -0.408. The van der Waals surface area contributed by atoms with Crippen LogP contribution in [0.15, 0.2) is 24.7 Å². The molecule has 2 aromatic rings. The Bertz CT molecular complexity index is 502. The Morgan fingerprint density at radius 2 is 2.23 bits per heavy atom. The lowest BCUT2D eigenvalue weighted by molar-refractivity contribution is 0.639. The molecule has 13 heavy (non-hydrogen) atoms. The largest absolute Gasteiger partial charge is 0.244 e. The molecule has 0 aliphatic heterocycles. The molecule has 0 spiro atoms. The number of halogens is 1. The average Bonchev–Trinajstić information content (AvgIpc) is 2.19. The predicted octanol–water partition coefficient (Wildman–Crippen LogP) is 1.64. The SMILES string of the molecule is N#Cc1ccc(F)c2cncnc12. The highest BCUT2D eigenvalue weighted by atomic mass is 19.1. The summed E-state index contributed by atoms with van der Waals surface area (Å²) < 4.78 is 13.1. The third-order valence-electron chi connectivity index (χ3n) is 1.74. The van der Waals surface area contributed by atoms with Crippen LogP contribution in [0.4, 0.5) is 4.39 Å². The summed E-state index contributed by atoms with van der Waals surface area (Å²) >= 11 is 0. The zero-order valence-corrected chi connectivity index (χ0v) is 6.53. The minimum absolute atomic E-state index is 0.279.